The molecule has 2 aromatic carbocycles. The highest BCUT2D eigenvalue weighted by Gasteiger charge is 2.26. The third kappa shape index (κ3) is 2.61. The average molecular weight is 334 g/mol. The zero-order valence-corrected chi connectivity index (χ0v) is 13.6. The lowest BCUT2D eigenvalue weighted by molar-refractivity contribution is 0.100. The molecular formula is C19H18N4O2. The Labute approximate surface area is 144 Å². The van der Waals surface area contributed by atoms with E-state index in [2.05, 4.69) is 10.4 Å². The second-order valence-electron chi connectivity index (χ2n) is 6.04. The molecule has 1 aliphatic heterocycles. The van der Waals surface area contributed by atoms with Crippen molar-refractivity contribution in [3.05, 3.63) is 54.1 Å². The van der Waals surface area contributed by atoms with Crippen molar-refractivity contribution in [2.45, 2.75) is 13.0 Å². The fourth-order valence-electron chi connectivity index (χ4n) is 3.20. The highest BCUT2D eigenvalue weighted by molar-refractivity contribution is 6.04. The lowest BCUT2D eigenvalue weighted by Crippen LogP contribution is -2.21. The predicted molar refractivity (Wildman–Crippen MR) is 96.4 cm³/mol. The number of carbonyl (C=O) groups excluding carboxylic acids is 1. The van der Waals surface area contributed by atoms with Crippen LogP contribution in [0.25, 0.3) is 22.4 Å². The van der Waals surface area contributed by atoms with E-state index in [0.717, 1.165) is 24.1 Å². The van der Waals surface area contributed by atoms with Crippen molar-refractivity contribution in [3.63, 3.8) is 0 Å². The van der Waals surface area contributed by atoms with E-state index in [0.29, 0.717) is 29.2 Å². The normalized spacial score (nSPS) is 13.1. The minimum absolute atomic E-state index is 0.0688. The summed E-state index contributed by atoms with van der Waals surface area (Å²) in [5, 5.41) is 18.2. The number of anilines is 1. The van der Waals surface area contributed by atoms with Crippen LogP contribution < -0.4 is 11.1 Å². The third-order valence-electron chi connectivity index (χ3n) is 4.40. The largest absolute Gasteiger partial charge is 0.507 e. The van der Waals surface area contributed by atoms with Gasteiger partial charge in [0.05, 0.1) is 0 Å². The number of nitrogens with one attached hydrogen (secondary N) is 1. The number of primary amides is 1. The summed E-state index contributed by atoms with van der Waals surface area (Å²) in [6.07, 6.45) is 0.922. The number of hydrogen-bond donors (Lipinski definition) is 3. The van der Waals surface area contributed by atoms with Crippen LogP contribution in [0, 0.1) is 0 Å². The van der Waals surface area contributed by atoms with Crippen molar-refractivity contribution in [2.24, 2.45) is 5.73 Å². The summed E-state index contributed by atoms with van der Waals surface area (Å²) < 4.78 is 1.74. The summed E-state index contributed by atoms with van der Waals surface area (Å²) in [5.74, 6) is 0.136. The van der Waals surface area contributed by atoms with Gasteiger partial charge in [0.1, 0.15) is 22.8 Å². The molecule has 0 unspecified atom stereocenters. The fraction of sp³-hybridized carbons (Fsp3) is 0.158. The van der Waals surface area contributed by atoms with Gasteiger partial charge in [0.25, 0.3) is 5.91 Å². The highest BCUT2D eigenvalue weighted by Crippen LogP contribution is 2.37. The molecule has 4 N–H and O–H groups in total. The first kappa shape index (κ1) is 15.3. The molecule has 6 nitrogen and oxygen atoms in total. The zero-order valence-electron chi connectivity index (χ0n) is 13.6. The SMILES string of the molecule is NC(=O)c1c(-c2ccc(-c3ccccc3)cc2O)nn2c1NCCC2. The van der Waals surface area contributed by atoms with Crippen molar-refractivity contribution in [3.8, 4) is 28.1 Å². The van der Waals surface area contributed by atoms with Gasteiger partial charge >= 0.3 is 0 Å². The van der Waals surface area contributed by atoms with Gasteiger partial charge in [-0.3, -0.25) is 4.79 Å². The van der Waals surface area contributed by atoms with E-state index in [1.807, 2.05) is 36.4 Å². The third-order valence-corrected chi connectivity index (χ3v) is 4.40. The number of phenols is 1. The number of nitrogens with zero attached hydrogens (tertiary/aromatic N) is 2. The van der Waals surface area contributed by atoms with Crippen LogP contribution in [0.2, 0.25) is 0 Å². The Balaban J connectivity index is 1.83. The molecule has 25 heavy (non-hydrogen) atoms. The summed E-state index contributed by atoms with van der Waals surface area (Å²) >= 11 is 0. The Hall–Kier alpha value is -3.28. The minimum atomic E-state index is -0.558. The first-order valence-electron chi connectivity index (χ1n) is 8.18. The second kappa shape index (κ2) is 5.98. The smallest absolute Gasteiger partial charge is 0.254 e. The van der Waals surface area contributed by atoms with Crippen LogP contribution >= 0.6 is 0 Å². The van der Waals surface area contributed by atoms with E-state index < -0.39 is 5.91 Å². The number of fused-ring (bicyclic) bond motifs is 1. The number of amides is 1. The number of nitrogens with two attached hydrogens (primary N) is 1. The van der Waals surface area contributed by atoms with Crippen molar-refractivity contribution < 1.29 is 9.90 Å². The maximum Gasteiger partial charge on any atom is 0.254 e. The number of benzene rings is 2. The molecule has 6 heteroatoms. The van der Waals surface area contributed by atoms with Gasteiger partial charge in [-0.1, -0.05) is 36.4 Å². The summed E-state index contributed by atoms with van der Waals surface area (Å²) in [6.45, 7) is 1.48. The zero-order chi connectivity index (χ0) is 17.4. The number of carbonyl (C=O) groups is 1. The van der Waals surface area contributed by atoms with E-state index >= 15 is 0 Å². The number of aromatic nitrogens is 2. The molecule has 1 amide bonds. The van der Waals surface area contributed by atoms with Crippen LogP contribution in [-0.2, 0) is 6.54 Å². The van der Waals surface area contributed by atoms with E-state index in [1.165, 1.54) is 0 Å². The maximum absolute atomic E-state index is 12.0. The van der Waals surface area contributed by atoms with E-state index in [1.54, 1.807) is 16.8 Å². The summed E-state index contributed by atoms with van der Waals surface area (Å²) in [5.41, 5.74) is 8.71. The number of phenolic OH excluding ortho intramolecular Hbond substituents is 1. The van der Waals surface area contributed by atoms with Gasteiger partial charge in [-0.05, 0) is 29.7 Å². The van der Waals surface area contributed by atoms with Crippen molar-refractivity contribution in [1.29, 1.82) is 0 Å². The monoisotopic (exact) mass is 334 g/mol. The average Bonchev–Trinajstić information content (AvgIpc) is 3.01. The van der Waals surface area contributed by atoms with Gasteiger partial charge in [-0.15, -0.1) is 0 Å². The van der Waals surface area contributed by atoms with Gasteiger partial charge in [0, 0.05) is 18.7 Å². The molecule has 0 radical (unpaired) electrons. The van der Waals surface area contributed by atoms with Gasteiger partial charge in [-0.25, -0.2) is 4.68 Å². The lowest BCUT2D eigenvalue weighted by Gasteiger charge is -2.15. The van der Waals surface area contributed by atoms with E-state index in [-0.39, 0.29) is 5.75 Å². The van der Waals surface area contributed by atoms with Crippen molar-refractivity contribution in [1.82, 2.24) is 9.78 Å². The highest BCUT2D eigenvalue weighted by atomic mass is 16.3. The second-order valence-corrected chi connectivity index (χ2v) is 6.04. The molecular weight excluding hydrogens is 316 g/mol. The lowest BCUT2D eigenvalue weighted by atomic mass is 10.00. The topological polar surface area (TPSA) is 93.2 Å². The molecule has 0 bridgehead atoms. The Morgan fingerprint density at radius 1 is 1.16 bits per heavy atom. The molecule has 1 aromatic heterocycles. The first-order chi connectivity index (χ1) is 12.1. The molecule has 0 spiro atoms. The molecule has 1 aliphatic rings. The Kier molecular flexibility index (Phi) is 3.65. The predicted octanol–water partition coefficient (Wildman–Crippen LogP) is 2.84. The quantitative estimate of drug-likeness (QED) is 0.686. The van der Waals surface area contributed by atoms with Crippen LogP contribution in [0.3, 0.4) is 0 Å². The summed E-state index contributed by atoms with van der Waals surface area (Å²) in [4.78, 5) is 12.0. The molecule has 2 heterocycles. The van der Waals surface area contributed by atoms with E-state index in [4.69, 9.17) is 5.73 Å². The van der Waals surface area contributed by atoms with Gasteiger partial charge in [-0.2, -0.15) is 5.10 Å². The summed E-state index contributed by atoms with van der Waals surface area (Å²) in [6, 6.07) is 15.1. The molecule has 3 aromatic rings. The van der Waals surface area contributed by atoms with Crippen LogP contribution in [0.15, 0.2) is 48.5 Å². The number of rotatable bonds is 3. The Morgan fingerprint density at radius 2 is 1.96 bits per heavy atom. The number of hydrogen-bond acceptors (Lipinski definition) is 4. The van der Waals surface area contributed by atoms with Crippen LogP contribution in [0.1, 0.15) is 16.8 Å². The van der Waals surface area contributed by atoms with Gasteiger partial charge in [0.2, 0.25) is 0 Å². The van der Waals surface area contributed by atoms with Gasteiger partial charge in [0.15, 0.2) is 0 Å². The minimum Gasteiger partial charge on any atom is -0.507 e. The molecule has 126 valence electrons. The molecule has 0 aliphatic carbocycles. The standard InChI is InChI=1S/C19H18N4O2/c20-18(25)16-17(22-23-10-4-9-21-19(16)23)14-8-7-13(11-15(14)24)12-5-2-1-3-6-12/h1-3,5-8,11,21,24H,4,9-10H2,(H2,20,25). The number of aryl methyl sites for hydroxylation is 1. The molecule has 0 saturated carbocycles. The Bertz CT molecular complexity index is 948. The molecule has 0 saturated heterocycles. The van der Waals surface area contributed by atoms with Crippen LogP contribution in [0.5, 0.6) is 5.75 Å². The summed E-state index contributed by atoms with van der Waals surface area (Å²) in [7, 11) is 0. The Morgan fingerprint density at radius 3 is 2.68 bits per heavy atom. The fourth-order valence-corrected chi connectivity index (χ4v) is 3.20. The van der Waals surface area contributed by atoms with Crippen molar-refractivity contribution in [2.75, 3.05) is 11.9 Å². The van der Waals surface area contributed by atoms with Crippen molar-refractivity contribution >= 4 is 11.7 Å². The molecule has 4 rings (SSSR count). The van der Waals surface area contributed by atoms with Crippen LogP contribution in [0.4, 0.5) is 5.82 Å². The maximum atomic E-state index is 12.0. The molecule has 0 fully saturated rings. The number of aromatic hydroxyl groups is 1. The van der Waals surface area contributed by atoms with Crippen LogP contribution in [-0.4, -0.2) is 27.3 Å². The molecule has 0 atom stereocenters. The van der Waals surface area contributed by atoms with E-state index in [9.17, 15) is 9.90 Å². The van der Waals surface area contributed by atoms with Gasteiger partial charge < -0.3 is 16.2 Å². The first-order valence-corrected chi connectivity index (χ1v) is 8.18.